The fraction of sp³-hybridized carbons (Fsp3) is 0.242. The van der Waals surface area contributed by atoms with Crippen molar-refractivity contribution >= 4 is 44.5 Å². The van der Waals surface area contributed by atoms with E-state index in [0.717, 1.165) is 23.1 Å². The fourth-order valence-electron chi connectivity index (χ4n) is 4.73. The summed E-state index contributed by atoms with van der Waals surface area (Å²) in [4.78, 5) is 33.4. The SMILES string of the molecule is CCCCOc1ccc(C2C(C(=O)/C=C/c3ccccc3)=C(O)C(=O)N2c2nc3ccc(OC)cc3s2)cc1OCC. The van der Waals surface area contributed by atoms with E-state index in [1.165, 1.54) is 22.3 Å². The minimum atomic E-state index is -0.947. The van der Waals surface area contributed by atoms with Gasteiger partial charge in [0.2, 0.25) is 0 Å². The number of hydrogen-bond donors (Lipinski definition) is 1. The highest BCUT2D eigenvalue weighted by molar-refractivity contribution is 7.22. The van der Waals surface area contributed by atoms with E-state index < -0.39 is 23.5 Å². The first-order valence-electron chi connectivity index (χ1n) is 13.8. The summed E-state index contributed by atoms with van der Waals surface area (Å²) >= 11 is 1.27. The van der Waals surface area contributed by atoms with Crippen LogP contribution in [0.5, 0.6) is 17.2 Å². The minimum Gasteiger partial charge on any atom is -0.503 e. The van der Waals surface area contributed by atoms with Crippen molar-refractivity contribution in [1.82, 2.24) is 4.98 Å². The van der Waals surface area contributed by atoms with Crippen LogP contribution in [0.1, 0.15) is 43.9 Å². The van der Waals surface area contributed by atoms with Gasteiger partial charge in [-0.15, -0.1) is 0 Å². The number of ketones is 1. The zero-order chi connectivity index (χ0) is 29.6. The van der Waals surface area contributed by atoms with Gasteiger partial charge in [0.25, 0.3) is 5.91 Å². The molecule has 1 aliphatic heterocycles. The van der Waals surface area contributed by atoms with Crippen LogP contribution >= 0.6 is 11.3 Å². The third kappa shape index (κ3) is 5.87. The van der Waals surface area contributed by atoms with E-state index in [1.54, 1.807) is 43.5 Å². The highest BCUT2D eigenvalue weighted by Gasteiger charge is 2.45. The van der Waals surface area contributed by atoms with E-state index >= 15 is 0 Å². The highest BCUT2D eigenvalue weighted by atomic mass is 32.1. The Morgan fingerprint density at radius 2 is 1.86 bits per heavy atom. The van der Waals surface area contributed by atoms with Gasteiger partial charge < -0.3 is 19.3 Å². The van der Waals surface area contributed by atoms with Crippen LogP contribution in [0.3, 0.4) is 0 Å². The molecule has 0 spiro atoms. The van der Waals surface area contributed by atoms with Crippen molar-refractivity contribution in [3.63, 3.8) is 0 Å². The molecule has 0 saturated heterocycles. The molecule has 8 nitrogen and oxygen atoms in total. The second kappa shape index (κ2) is 12.9. The number of fused-ring (bicyclic) bond motifs is 1. The number of hydrogen-bond acceptors (Lipinski definition) is 8. The van der Waals surface area contributed by atoms with Gasteiger partial charge in [0.1, 0.15) is 5.75 Å². The number of rotatable bonds is 12. The van der Waals surface area contributed by atoms with Crippen molar-refractivity contribution < 1.29 is 28.9 Å². The Morgan fingerprint density at radius 1 is 1.05 bits per heavy atom. The van der Waals surface area contributed by atoms with Crippen LogP contribution in [0.2, 0.25) is 0 Å². The summed E-state index contributed by atoms with van der Waals surface area (Å²) in [5.41, 5.74) is 2.02. The smallest absolute Gasteiger partial charge is 0.296 e. The molecule has 0 bridgehead atoms. The molecule has 4 aromatic rings. The molecular formula is C33H32N2O6S. The fourth-order valence-corrected chi connectivity index (χ4v) is 5.75. The molecule has 1 N–H and O–H groups in total. The van der Waals surface area contributed by atoms with Crippen LogP contribution in [0.4, 0.5) is 5.13 Å². The van der Waals surface area contributed by atoms with Crippen LogP contribution in [-0.2, 0) is 9.59 Å². The van der Waals surface area contributed by atoms with Gasteiger partial charge in [0, 0.05) is 0 Å². The molecule has 0 radical (unpaired) electrons. The summed E-state index contributed by atoms with van der Waals surface area (Å²) < 4.78 is 18.0. The number of thiazole rings is 1. The number of carbonyl (C=O) groups excluding carboxylic acids is 2. The van der Waals surface area contributed by atoms with Crippen LogP contribution < -0.4 is 19.1 Å². The number of methoxy groups -OCH3 is 1. The molecule has 1 aromatic heterocycles. The third-order valence-corrected chi connectivity index (χ3v) is 7.85. The number of aromatic nitrogens is 1. The molecule has 0 fully saturated rings. The van der Waals surface area contributed by atoms with E-state index in [9.17, 15) is 14.7 Å². The largest absolute Gasteiger partial charge is 0.503 e. The molecule has 5 rings (SSSR count). The molecule has 1 amide bonds. The maximum absolute atomic E-state index is 13.7. The van der Waals surface area contributed by atoms with Crippen molar-refractivity contribution in [1.29, 1.82) is 0 Å². The Bertz CT molecular complexity index is 1660. The predicted molar refractivity (Wildman–Crippen MR) is 165 cm³/mol. The number of anilines is 1. The van der Waals surface area contributed by atoms with Gasteiger partial charge in [-0.1, -0.05) is 67.2 Å². The van der Waals surface area contributed by atoms with Crippen LogP contribution in [0.15, 0.2) is 84.1 Å². The standard InChI is InChI=1S/C33H32N2O6S/c1-4-6-18-41-26-17-13-22(19-27(26)40-5-2)30-29(25(36)16-12-21-10-8-7-9-11-21)31(37)32(38)35(30)33-34-24-15-14-23(39-3)20-28(24)42-33/h7-17,19-20,30,37H,4-6,18H2,1-3H3/b16-12+. The number of aliphatic hydroxyl groups excluding tert-OH is 1. The predicted octanol–water partition coefficient (Wildman–Crippen LogP) is 7.07. The van der Waals surface area contributed by atoms with Gasteiger partial charge in [-0.05, 0) is 60.9 Å². The first-order valence-corrected chi connectivity index (χ1v) is 14.6. The third-order valence-electron chi connectivity index (χ3n) is 6.83. The minimum absolute atomic E-state index is 0.0360. The zero-order valence-electron chi connectivity index (χ0n) is 23.7. The van der Waals surface area contributed by atoms with Crippen LogP contribution in [-0.4, -0.2) is 42.1 Å². The Hall–Kier alpha value is -4.63. The molecule has 9 heteroatoms. The summed E-state index contributed by atoms with van der Waals surface area (Å²) in [6.45, 7) is 4.89. The topological polar surface area (TPSA) is 98.2 Å². The molecule has 1 unspecified atom stereocenters. The Labute approximate surface area is 248 Å². The van der Waals surface area contributed by atoms with Crippen LogP contribution in [0, 0.1) is 0 Å². The number of amides is 1. The second-order valence-electron chi connectivity index (χ2n) is 9.62. The lowest BCUT2D eigenvalue weighted by Crippen LogP contribution is -2.30. The average Bonchev–Trinajstić information content (AvgIpc) is 3.54. The number of carbonyl (C=O) groups is 2. The molecule has 2 heterocycles. The van der Waals surface area contributed by atoms with Gasteiger partial charge in [-0.3, -0.25) is 14.5 Å². The van der Waals surface area contributed by atoms with E-state index in [2.05, 4.69) is 11.9 Å². The summed E-state index contributed by atoms with van der Waals surface area (Å²) in [5.74, 6) is -0.0803. The molecule has 0 aliphatic carbocycles. The monoisotopic (exact) mass is 584 g/mol. The Morgan fingerprint density at radius 3 is 2.60 bits per heavy atom. The highest BCUT2D eigenvalue weighted by Crippen LogP contribution is 2.45. The molecule has 216 valence electrons. The normalized spacial score (nSPS) is 15.2. The van der Waals surface area contributed by atoms with Crippen molar-refractivity contribution in [3.8, 4) is 17.2 Å². The first-order chi connectivity index (χ1) is 20.4. The first kappa shape index (κ1) is 28.9. The maximum atomic E-state index is 13.7. The lowest BCUT2D eigenvalue weighted by atomic mass is 9.95. The number of aliphatic hydroxyl groups is 1. The Kier molecular flexibility index (Phi) is 8.88. The van der Waals surface area contributed by atoms with Gasteiger partial charge in [-0.25, -0.2) is 4.98 Å². The lowest BCUT2D eigenvalue weighted by molar-refractivity contribution is -0.117. The summed E-state index contributed by atoms with van der Waals surface area (Å²) in [6, 6.07) is 19.2. The van der Waals surface area contributed by atoms with Crippen molar-refractivity contribution in [2.24, 2.45) is 0 Å². The molecule has 1 aliphatic rings. The summed E-state index contributed by atoms with van der Waals surface area (Å²) in [7, 11) is 1.58. The van der Waals surface area contributed by atoms with E-state index in [-0.39, 0.29) is 5.57 Å². The summed E-state index contributed by atoms with van der Waals surface area (Å²) in [6.07, 6.45) is 4.91. The molecular weight excluding hydrogens is 552 g/mol. The number of unbranched alkanes of at least 4 members (excludes halogenated alkanes) is 1. The number of ether oxygens (including phenoxy) is 3. The van der Waals surface area contributed by atoms with Gasteiger partial charge >= 0.3 is 0 Å². The number of benzene rings is 3. The van der Waals surface area contributed by atoms with Crippen LogP contribution in [0.25, 0.3) is 16.3 Å². The summed E-state index contributed by atoms with van der Waals surface area (Å²) in [5, 5.41) is 11.5. The van der Waals surface area contributed by atoms with Gasteiger partial charge in [0.15, 0.2) is 28.2 Å². The molecule has 3 aromatic carbocycles. The molecule has 1 atom stereocenters. The van der Waals surface area contributed by atoms with Gasteiger partial charge in [-0.2, -0.15) is 0 Å². The second-order valence-corrected chi connectivity index (χ2v) is 10.6. The average molecular weight is 585 g/mol. The number of nitrogens with zero attached hydrogens (tertiary/aromatic N) is 2. The van der Waals surface area contributed by atoms with E-state index in [1.807, 2.05) is 43.3 Å². The quantitative estimate of drug-likeness (QED) is 0.141. The van der Waals surface area contributed by atoms with Crippen molar-refractivity contribution in [2.45, 2.75) is 32.7 Å². The Balaban J connectivity index is 1.60. The lowest BCUT2D eigenvalue weighted by Gasteiger charge is -2.25. The number of allylic oxidation sites excluding steroid dienone is 1. The van der Waals surface area contributed by atoms with E-state index in [4.69, 9.17) is 14.2 Å². The van der Waals surface area contributed by atoms with E-state index in [0.29, 0.717) is 46.7 Å². The molecule has 0 saturated carbocycles. The maximum Gasteiger partial charge on any atom is 0.296 e. The van der Waals surface area contributed by atoms with Crippen molar-refractivity contribution in [2.75, 3.05) is 25.2 Å². The van der Waals surface area contributed by atoms with Gasteiger partial charge in [0.05, 0.1) is 42.2 Å². The van der Waals surface area contributed by atoms with Crippen molar-refractivity contribution in [3.05, 3.63) is 95.3 Å². The molecule has 42 heavy (non-hydrogen) atoms. The zero-order valence-corrected chi connectivity index (χ0v) is 24.5.